The predicted octanol–water partition coefficient (Wildman–Crippen LogP) is 0.742. The lowest BCUT2D eigenvalue weighted by Gasteiger charge is -2.16. The zero-order valence-electron chi connectivity index (χ0n) is 9.76. The Morgan fingerprint density at radius 3 is 2.61 bits per heavy atom. The molecule has 2 N–H and O–H groups in total. The fourth-order valence-electron chi connectivity index (χ4n) is 2.08. The molecule has 2 rings (SSSR count). The van der Waals surface area contributed by atoms with Gasteiger partial charge in [0.1, 0.15) is 12.1 Å². The van der Waals surface area contributed by atoms with Crippen LogP contribution in [0.1, 0.15) is 17.5 Å². The quantitative estimate of drug-likeness (QED) is 0.824. The van der Waals surface area contributed by atoms with Gasteiger partial charge in [-0.3, -0.25) is 4.79 Å². The molecule has 0 aliphatic carbocycles. The number of nitrogens with two attached hydrogens (primary N) is 1. The van der Waals surface area contributed by atoms with Crippen molar-refractivity contribution in [3.63, 3.8) is 0 Å². The first-order chi connectivity index (χ1) is 8.69. The molecule has 1 aromatic rings. The lowest BCUT2D eigenvalue weighted by atomic mass is 10.1. The molecular weight excluding hydrogens is 228 g/mol. The van der Waals surface area contributed by atoms with E-state index in [1.54, 1.807) is 23.1 Å². The molecule has 5 heteroatoms. The number of carbonyl (C=O) groups is 1. The van der Waals surface area contributed by atoms with Gasteiger partial charge in [0.15, 0.2) is 0 Å². The van der Waals surface area contributed by atoms with E-state index in [0.717, 1.165) is 0 Å². The number of benzene rings is 1. The number of nitrogens with zero attached hydrogens (tertiary/aromatic N) is 3. The number of anilines is 1. The van der Waals surface area contributed by atoms with Crippen molar-refractivity contribution in [3.05, 3.63) is 29.3 Å². The van der Waals surface area contributed by atoms with Crippen LogP contribution in [-0.2, 0) is 4.79 Å². The smallest absolute Gasteiger partial charge is 0.227 e. The highest BCUT2D eigenvalue weighted by molar-refractivity contribution is 5.96. The molecule has 0 aromatic heterocycles. The first-order valence-electron chi connectivity index (χ1n) is 5.64. The van der Waals surface area contributed by atoms with E-state index in [1.807, 2.05) is 12.1 Å². The largest absolute Gasteiger partial charge is 0.330 e. The Bertz CT molecular complexity index is 567. The van der Waals surface area contributed by atoms with Crippen molar-refractivity contribution >= 4 is 11.6 Å². The van der Waals surface area contributed by atoms with E-state index in [1.165, 1.54) is 0 Å². The minimum absolute atomic E-state index is 0.0130. The van der Waals surface area contributed by atoms with E-state index in [9.17, 15) is 4.79 Å². The van der Waals surface area contributed by atoms with E-state index in [2.05, 4.69) is 0 Å². The molecule has 1 aromatic carbocycles. The van der Waals surface area contributed by atoms with Crippen LogP contribution in [0.25, 0.3) is 0 Å². The van der Waals surface area contributed by atoms with Gasteiger partial charge in [0.2, 0.25) is 5.91 Å². The number of rotatable bonds is 2. The van der Waals surface area contributed by atoms with Gasteiger partial charge in [-0.2, -0.15) is 10.5 Å². The van der Waals surface area contributed by atoms with Gasteiger partial charge in [-0.25, -0.2) is 0 Å². The summed E-state index contributed by atoms with van der Waals surface area (Å²) in [7, 11) is 0. The molecule has 5 nitrogen and oxygen atoms in total. The molecule has 0 spiro atoms. The third-order valence-electron chi connectivity index (χ3n) is 3.09. The van der Waals surface area contributed by atoms with Crippen molar-refractivity contribution in [1.82, 2.24) is 0 Å². The lowest BCUT2D eigenvalue weighted by Crippen LogP contribution is -2.25. The van der Waals surface area contributed by atoms with Gasteiger partial charge >= 0.3 is 0 Å². The standard InChI is InChI=1S/C13H12N4O/c14-5-9-3-13(18)17(8-9)12-2-1-10(6-15)11(4-12)7-16/h1-2,4,9H,3,5,8,14H2. The predicted molar refractivity (Wildman–Crippen MR) is 65.4 cm³/mol. The normalized spacial score (nSPS) is 18.5. The molecule has 1 aliphatic rings. The minimum Gasteiger partial charge on any atom is -0.330 e. The summed E-state index contributed by atoms with van der Waals surface area (Å²) in [5.41, 5.74) is 6.84. The van der Waals surface area contributed by atoms with Gasteiger partial charge in [0, 0.05) is 18.7 Å². The Hall–Kier alpha value is -2.37. The summed E-state index contributed by atoms with van der Waals surface area (Å²) >= 11 is 0. The summed E-state index contributed by atoms with van der Waals surface area (Å²) in [5, 5.41) is 17.8. The van der Waals surface area contributed by atoms with Crippen molar-refractivity contribution in [2.75, 3.05) is 18.0 Å². The second-order valence-electron chi connectivity index (χ2n) is 4.26. The summed E-state index contributed by atoms with van der Waals surface area (Å²) < 4.78 is 0. The van der Waals surface area contributed by atoms with Crippen LogP contribution in [0.2, 0.25) is 0 Å². The molecule has 1 unspecified atom stereocenters. The average molecular weight is 240 g/mol. The zero-order chi connectivity index (χ0) is 13.1. The topological polar surface area (TPSA) is 93.9 Å². The van der Waals surface area contributed by atoms with Crippen LogP contribution in [0.15, 0.2) is 18.2 Å². The number of hydrogen-bond acceptors (Lipinski definition) is 4. The molecule has 0 bridgehead atoms. The van der Waals surface area contributed by atoms with Crippen LogP contribution in [-0.4, -0.2) is 19.0 Å². The number of amides is 1. The first-order valence-corrected chi connectivity index (χ1v) is 5.64. The van der Waals surface area contributed by atoms with E-state index in [0.29, 0.717) is 36.3 Å². The Balaban J connectivity index is 2.33. The molecule has 1 aliphatic heterocycles. The van der Waals surface area contributed by atoms with E-state index < -0.39 is 0 Å². The summed E-state index contributed by atoms with van der Waals surface area (Å²) in [6.45, 7) is 1.05. The number of carbonyl (C=O) groups excluding carboxylic acids is 1. The summed E-state index contributed by atoms with van der Waals surface area (Å²) in [6.07, 6.45) is 0.443. The zero-order valence-corrected chi connectivity index (χ0v) is 9.76. The average Bonchev–Trinajstić information content (AvgIpc) is 2.79. The number of nitriles is 2. The Morgan fingerprint density at radius 2 is 2.06 bits per heavy atom. The molecule has 1 fully saturated rings. The minimum atomic E-state index is 0.0130. The van der Waals surface area contributed by atoms with Crippen molar-refractivity contribution in [2.24, 2.45) is 11.7 Å². The van der Waals surface area contributed by atoms with E-state index in [-0.39, 0.29) is 11.8 Å². The SMILES string of the molecule is N#Cc1ccc(N2CC(CN)CC2=O)cc1C#N. The van der Waals surface area contributed by atoms with Crippen LogP contribution < -0.4 is 10.6 Å². The van der Waals surface area contributed by atoms with Crippen molar-refractivity contribution in [1.29, 1.82) is 10.5 Å². The molecule has 0 radical (unpaired) electrons. The second-order valence-corrected chi connectivity index (χ2v) is 4.26. The molecule has 1 heterocycles. The second kappa shape index (κ2) is 4.87. The summed E-state index contributed by atoms with van der Waals surface area (Å²) in [4.78, 5) is 13.4. The highest BCUT2D eigenvalue weighted by atomic mass is 16.2. The third-order valence-corrected chi connectivity index (χ3v) is 3.09. The third kappa shape index (κ3) is 2.04. The number of hydrogen-bond donors (Lipinski definition) is 1. The van der Waals surface area contributed by atoms with Gasteiger partial charge < -0.3 is 10.6 Å². The molecule has 1 atom stereocenters. The van der Waals surface area contributed by atoms with Crippen LogP contribution in [0.3, 0.4) is 0 Å². The first kappa shape index (κ1) is 12.1. The maximum atomic E-state index is 11.8. The van der Waals surface area contributed by atoms with Gasteiger partial charge in [-0.15, -0.1) is 0 Å². The summed E-state index contributed by atoms with van der Waals surface area (Å²) in [5.74, 6) is 0.178. The Labute approximate surface area is 105 Å². The van der Waals surface area contributed by atoms with Crippen molar-refractivity contribution in [3.8, 4) is 12.1 Å². The van der Waals surface area contributed by atoms with Crippen LogP contribution in [0.5, 0.6) is 0 Å². The molecule has 1 amide bonds. The fraction of sp³-hybridized carbons (Fsp3) is 0.308. The Morgan fingerprint density at radius 1 is 1.33 bits per heavy atom. The molecular formula is C13H12N4O. The maximum absolute atomic E-state index is 11.8. The van der Waals surface area contributed by atoms with E-state index >= 15 is 0 Å². The molecule has 18 heavy (non-hydrogen) atoms. The van der Waals surface area contributed by atoms with Gasteiger partial charge in [-0.1, -0.05) is 0 Å². The fourth-order valence-corrected chi connectivity index (χ4v) is 2.08. The highest BCUT2D eigenvalue weighted by Gasteiger charge is 2.29. The van der Waals surface area contributed by atoms with Crippen LogP contribution in [0, 0.1) is 28.6 Å². The monoisotopic (exact) mass is 240 g/mol. The highest BCUT2D eigenvalue weighted by Crippen LogP contribution is 2.26. The van der Waals surface area contributed by atoms with Crippen LogP contribution >= 0.6 is 0 Å². The van der Waals surface area contributed by atoms with E-state index in [4.69, 9.17) is 16.3 Å². The van der Waals surface area contributed by atoms with Crippen molar-refractivity contribution < 1.29 is 4.79 Å². The molecule has 1 saturated heterocycles. The molecule has 0 saturated carbocycles. The van der Waals surface area contributed by atoms with Crippen molar-refractivity contribution in [2.45, 2.75) is 6.42 Å². The maximum Gasteiger partial charge on any atom is 0.227 e. The van der Waals surface area contributed by atoms with Gasteiger partial charge in [0.25, 0.3) is 0 Å². The Kier molecular flexibility index (Phi) is 3.27. The lowest BCUT2D eigenvalue weighted by molar-refractivity contribution is -0.117. The van der Waals surface area contributed by atoms with Crippen LogP contribution in [0.4, 0.5) is 5.69 Å². The van der Waals surface area contributed by atoms with Gasteiger partial charge in [0.05, 0.1) is 11.1 Å². The summed E-state index contributed by atoms with van der Waals surface area (Å²) in [6, 6.07) is 8.75. The van der Waals surface area contributed by atoms with Gasteiger partial charge in [-0.05, 0) is 30.7 Å². The molecule has 90 valence electrons.